The first-order chi connectivity index (χ1) is 33.0. The molecule has 5 aromatic rings. The molecule has 68 heavy (non-hydrogen) atoms. The van der Waals surface area contributed by atoms with Gasteiger partial charge in [-0.15, -0.1) is 0 Å². The number of carbonyl (C=O) groups excluding carboxylic acids is 5. The van der Waals surface area contributed by atoms with Crippen molar-refractivity contribution in [3.63, 3.8) is 0 Å². The number of nitrogens with one attached hydrogen (secondary N) is 5. The highest BCUT2D eigenvalue weighted by Gasteiger charge is 2.43. The normalized spacial score (nSPS) is 21.4. The van der Waals surface area contributed by atoms with E-state index < -0.39 is 35.3 Å². The second kappa shape index (κ2) is 23.7. The molecule has 2 bridgehead atoms. The highest BCUT2D eigenvalue weighted by Crippen LogP contribution is 2.34. The molecule has 1 fully saturated rings. The molecular formula is C52H59N7O9. The second-order valence-corrected chi connectivity index (χ2v) is 17.3. The number of ether oxygens (including phenoxy) is 1. The number of hydrogen-bond acceptors (Lipinski definition) is 11. The fourth-order valence-electron chi connectivity index (χ4n) is 8.81. The zero-order valence-electron chi connectivity index (χ0n) is 38.0. The molecule has 2 aliphatic rings. The van der Waals surface area contributed by atoms with Gasteiger partial charge in [0, 0.05) is 62.8 Å². The molecule has 356 valence electrons. The molecule has 0 spiro atoms. The number of aromatic carboxylic acids is 1. The van der Waals surface area contributed by atoms with Gasteiger partial charge < -0.3 is 46.6 Å². The van der Waals surface area contributed by atoms with Gasteiger partial charge in [-0.25, -0.2) is 4.79 Å². The van der Waals surface area contributed by atoms with Gasteiger partial charge >= 0.3 is 5.97 Å². The Bertz CT molecular complexity index is 2600. The van der Waals surface area contributed by atoms with Gasteiger partial charge in [-0.3, -0.25) is 28.9 Å². The highest BCUT2D eigenvalue weighted by molar-refractivity contribution is 6.01. The van der Waals surface area contributed by atoms with Crippen LogP contribution in [-0.2, 0) is 43.3 Å². The molecule has 0 aliphatic carbocycles. The summed E-state index contributed by atoms with van der Waals surface area (Å²) in [7, 11) is 0. The second-order valence-electron chi connectivity index (χ2n) is 17.3. The van der Waals surface area contributed by atoms with E-state index in [0.717, 1.165) is 16.7 Å². The van der Waals surface area contributed by atoms with Crippen LogP contribution in [0.3, 0.4) is 0 Å². The number of carboxylic acid groups (broad SMARTS) is 1. The first-order valence-corrected chi connectivity index (χ1v) is 23.1. The lowest BCUT2D eigenvalue weighted by molar-refractivity contribution is -0.129. The third-order valence-corrected chi connectivity index (χ3v) is 12.4. The van der Waals surface area contributed by atoms with Crippen LogP contribution in [0, 0.1) is 5.41 Å². The summed E-state index contributed by atoms with van der Waals surface area (Å²) in [5, 5.41) is 25.2. The molecule has 2 aliphatic heterocycles. The number of carbonyl (C=O) groups is 6. The van der Waals surface area contributed by atoms with Crippen LogP contribution in [0.4, 0.5) is 0 Å². The van der Waals surface area contributed by atoms with Crippen LogP contribution in [0.2, 0.25) is 0 Å². The van der Waals surface area contributed by atoms with E-state index in [4.69, 9.17) is 14.9 Å². The van der Waals surface area contributed by atoms with Crippen molar-refractivity contribution < 1.29 is 43.0 Å². The Morgan fingerprint density at radius 3 is 2.44 bits per heavy atom. The van der Waals surface area contributed by atoms with Gasteiger partial charge in [0.25, 0.3) is 0 Å². The van der Waals surface area contributed by atoms with Gasteiger partial charge in [0.1, 0.15) is 11.6 Å². The maximum absolute atomic E-state index is 14.7. The van der Waals surface area contributed by atoms with Crippen LogP contribution in [0.5, 0.6) is 0 Å². The van der Waals surface area contributed by atoms with E-state index in [1.807, 2.05) is 78.9 Å². The standard InChI is InChI=1S/C52H59N7O9/c53-21-26-67-27-23-55-49(63)42-19-22-54-46(60)12-6-24-59-25-7-20-52(34-59,48(62)37-8-2-1-3-9-37)33-57-43(50(64)56-32-41-11-5-4-10-38(41)31-47(61)58-42)28-35-13-15-36(16-14-35)39-17-18-40-30-45(51(65)66)68-44(40)29-39/h1-6,8-18,29-30,42-43,57H,7,19-28,31-34,53H2,(H,54,60)(H,55,63)(H,56,64)(H,58,61)(H,65,66)/b12-6+/t42-,43-,52+/m0/s1. The van der Waals surface area contributed by atoms with Crippen molar-refractivity contribution in [2.24, 2.45) is 11.1 Å². The minimum Gasteiger partial charge on any atom is -0.475 e. The van der Waals surface area contributed by atoms with Crippen LogP contribution in [0.15, 0.2) is 120 Å². The van der Waals surface area contributed by atoms with Crippen molar-refractivity contribution >= 4 is 46.4 Å². The molecule has 4 amide bonds. The molecular weight excluding hydrogens is 867 g/mol. The Balaban J connectivity index is 1.16. The van der Waals surface area contributed by atoms with Gasteiger partial charge in [0.05, 0.1) is 31.1 Å². The average Bonchev–Trinajstić information content (AvgIpc) is 3.79. The third kappa shape index (κ3) is 13.1. The maximum Gasteiger partial charge on any atom is 0.371 e. The van der Waals surface area contributed by atoms with Crippen molar-refractivity contribution in [1.82, 2.24) is 31.5 Å². The van der Waals surface area contributed by atoms with Crippen LogP contribution >= 0.6 is 0 Å². The van der Waals surface area contributed by atoms with Gasteiger partial charge in [0.15, 0.2) is 5.78 Å². The molecule has 4 aromatic carbocycles. The Hall–Kier alpha value is -6.98. The summed E-state index contributed by atoms with van der Waals surface area (Å²) in [6.45, 7) is 3.04. The quantitative estimate of drug-likeness (QED) is 0.0700. The Morgan fingerprint density at radius 1 is 0.897 bits per heavy atom. The number of fused-ring (bicyclic) bond motifs is 4. The Kier molecular flexibility index (Phi) is 17.0. The van der Waals surface area contributed by atoms with Crippen molar-refractivity contribution in [2.45, 2.75) is 50.7 Å². The van der Waals surface area contributed by atoms with Crippen LogP contribution < -0.4 is 32.3 Å². The van der Waals surface area contributed by atoms with E-state index in [2.05, 4.69) is 31.5 Å². The molecule has 1 aromatic heterocycles. The predicted octanol–water partition coefficient (Wildman–Crippen LogP) is 3.78. The number of benzene rings is 4. The number of nitrogens with zero attached hydrogens (tertiary/aromatic N) is 1. The fraction of sp³-hybridized carbons (Fsp3) is 0.346. The molecule has 0 radical (unpaired) electrons. The third-order valence-electron chi connectivity index (χ3n) is 12.4. The Labute approximate surface area is 395 Å². The number of amides is 4. The first-order valence-electron chi connectivity index (χ1n) is 23.1. The van der Waals surface area contributed by atoms with E-state index in [0.29, 0.717) is 73.3 Å². The largest absolute Gasteiger partial charge is 0.475 e. The lowest BCUT2D eigenvalue weighted by Gasteiger charge is -2.42. The van der Waals surface area contributed by atoms with Crippen molar-refractivity contribution in [3.05, 3.63) is 143 Å². The van der Waals surface area contributed by atoms with Crippen molar-refractivity contribution in [3.8, 4) is 11.1 Å². The summed E-state index contributed by atoms with van der Waals surface area (Å²) in [6.07, 6.45) is 4.81. The number of furan rings is 1. The molecule has 8 N–H and O–H groups in total. The van der Waals surface area contributed by atoms with Crippen LogP contribution in [-0.4, -0.2) is 116 Å². The molecule has 4 atom stereocenters. The average molecular weight is 926 g/mol. The monoisotopic (exact) mass is 925 g/mol. The molecule has 7 rings (SSSR count). The van der Waals surface area contributed by atoms with E-state index in [1.165, 1.54) is 12.1 Å². The molecule has 1 saturated heterocycles. The van der Waals surface area contributed by atoms with E-state index in [9.17, 15) is 33.9 Å². The first kappa shape index (κ1) is 48.9. The summed E-state index contributed by atoms with van der Waals surface area (Å²) in [6, 6.07) is 29.4. The van der Waals surface area contributed by atoms with E-state index >= 15 is 0 Å². The summed E-state index contributed by atoms with van der Waals surface area (Å²) >= 11 is 0. The van der Waals surface area contributed by atoms with Crippen molar-refractivity contribution in [2.75, 3.05) is 59.0 Å². The summed E-state index contributed by atoms with van der Waals surface area (Å²) in [5.41, 5.74) is 9.53. The number of carboxylic acids is 1. The number of Topliss-reactive ketones (excluding diaryl/α,β-unsaturated/α-hetero) is 1. The van der Waals surface area contributed by atoms with Gasteiger partial charge in [-0.2, -0.15) is 0 Å². The number of ketones is 1. The number of nitrogens with two attached hydrogens (primary N) is 1. The molecule has 3 heterocycles. The zero-order chi connectivity index (χ0) is 47.9. The maximum atomic E-state index is 14.7. The summed E-state index contributed by atoms with van der Waals surface area (Å²) < 4.78 is 10.9. The fourth-order valence-corrected chi connectivity index (χ4v) is 8.81. The Morgan fingerprint density at radius 2 is 1.66 bits per heavy atom. The molecule has 1 unspecified atom stereocenters. The molecule has 0 saturated carbocycles. The van der Waals surface area contributed by atoms with Crippen LogP contribution in [0.1, 0.15) is 56.9 Å². The number of piperidine rings is 1. The minimum absolute atomic E-state index is 0.0344. The van der Waals surface area contributed by atoms with Crippen molar-refractivity contribution in [1.29, 1.82) is 0 Å². The summed E-state index contributed by atoms with van der Waals surface area (Å²) in [4.78, 5) is 82.8. The predicted molar refractivity (Wildman–Crippen MR) is 257 cm³/mol. The van der Waals surface area contributed by atoms with Gasteiger partial charge in [-0.1, -0.05) is 97.1 Å². The molecule has 16 heteroatoms. The number of rotatable bonds is 12. The zero-order valence-corrected chi connectivity index (χ0v) is 38.0. The van der Waals surface area contributed by atoms with Gasteiger partial charge in [0.2, 0.25) is 29.4 Å². The lowest BCUT2D eigenvalue weighted by atomic mass is 9.73. The van der Waals surface area contributed by atoms with Crippen LogP contribution in [0.25, 0.3) is 22.1 Å². The highest BCUT2D eigenvalue weighted by atomic mass is 16.5. The smallest absolute Gasteiger partial charge is 0.371 e. The topological polar surface area (TPSA) is 234 Å². The lowest BCUT2D eigenvalue weighted by Crippen LogP contribution is -2.56. The number of hydrogen-bond donors (Lipinski definition) is 7. The SMILES string of the molecule is NCCOCCNC(=O)[C@@H]1CCNC(=O)/C=C/CN2CCC[C@@](C(=O)c3ccccc3)(CN[C@@H](Cc3ccc(-c4ccc5cc(C(=O)O)oc5c4)cc3)C(=O)NCc3ccccc3CC(=O)N1)C2. The summed E-state index contributed by atoms with van der Waals surface area (Å²) in [5.74, 6) is -2.82. The van der Waals surface area contributed by atoms with E-state index in [-0.39, 0.29) is 75.4 Å². The minimum atomic E-state index is -1.14. The molecule has 16 nitrogen and oxygen atoms in total. The van der Waals surface area contributed by atoms with E-state index in [1.54, 1.807) is 24.3 Å². The van der Waals surface area contributed by atoms with Gasteiger partial charge in [-0.05, 0) is 72.2 Å².